The number of benzene rings is 1. The van der Waals surface area contributed by atoms with Gasteiger partial charge in [0, 0.05) is 28.1 Å². The molecule has 0 aliphatic heterocycles. The second-order valence-electron chi connectivity index (χ2n) is 5.26. The fourth-order valence-electron chi connectivity index (χ4n) is 2.35. The number of aliphatic hydroxyl groups is 1. The number of hydrogen-bond acceptors (Lipinski definition) is 2. The average molecular weight is 339 g/mol. The van der Waals surface area contributed by atoms with E-state index in [1.54, 1.807) is 13.1 Å². The minimum Gasteiger partial charge on any atom is -0.393 e. The first-order chi connectivity index (χ1) is 9.49. The van der Waals surface area contributed by atoms with Crippen LogP contribution in [0.25, 0.3) is 10.9 Å². The van der Waals surface area contributed by atoms with Crippen LogP contribution in [-0.4, -0.2) is 28.6 Å². The van der Waals surface area contributed by atoms with Gasteiger partial charge in [0.25, 0.3) is 5.91 Å². The fraction of sp³-hybridized carbons (Fsp3) is 0.400. The van der Waals surface area contributed by atoms with Crippen molar-refractivity contribution in [3.63, 3.8) is 0 Å². The van der Waals surface area contributed by atoms with Crippen LogP contribution in [0, 0.1) is 5.92 Å². The van der Waals surface area contributed by atoms with Crippen LogP contribution in [0.3, 0.4) is 0 Å². The summed E-state index contributed by atoms with van der Waals surface area (Å²) in [6.45, 7) is 4.33. The van der Waals surface area contributed by atoms with Gasteiger partial charge in [-0.1, -0.05) is 28.9 Å². The van der Waals surface area contributed by atoms with Gasteiger partial charge in [0.05, 0.1) is 11.7 Å². The Bertz CT molecular complexity index is 607. The molecule has 108 valence electrons. The van der Waals surface area contributed by atoms with Crippen LogP contribution in [-0.2, 0) is 0 Å². The van der Waals surface area contributed by atoms with Crippen molar-refractivity contribution in [1.82, 2.24) is 10.3 Å². The highest BCUT2D eigenvalue weighted by molar-refractivity contribution is 9.10. The van der Waals surface area contributed by atoms with Crippen molar-refractivity contribution in [1.29, 1.82) is 0 Å². The van der Waals surface area contributed by atoms with Crippen LogP contribution >= 0.6 is 15.9 Å². The van der Waals surface area contributed by atoms with Gasteiger partial charge < -0.3 is 15.4 Å². The molecule has 1 heterocycles. The van der Waals surface area contributed by atoms with Crippen molar-refractivity contribution in [2.24, 2.45) is 5.92 Å². The molecule has 0 saturated carbocycles. The van der Waals surface area contributed by atoms with E-state index in [4.69, 9.17) is 0 Å². The molecule has 0 saturated heterocycles. The topological polar surface area (TPSA) is 65.1 Å². The van der Waals surface area contributed by atoms with Crippen LogP contribution in [0.15, 0.2) is 28.9 Å². The molecule has 20 heavy (non-hydrogen) atoms. The predicted octanol–water partition coefficient (Wildman–Crippen LogP) is 3.07. The number of H-pyrrole nitrogens is 1. The lowest BCUT2D eigenvalue weighted by Crippen LogP contribution is -2.29. The summed E-state index contributed by atoms with van der Waals surface area (Å²) in [4.78, 5) is 15.3. The molecule has 1 aromatic carbocycles. The van der Waals surface area contributed by atoms with E-state index in [-0.39, 0.29) is 17.9 Å². The standard InChI is InChI=1S/C15H19BrN2O2/c1-9(6-10(2)19)7-18-15(20)11-8-17-13-5-3-4-12(16)14(11)13/h3-5,8-10,17,19H,6-7H2,1-2H3,(H,18,20). The average Bonchev–Trinajstić information content (AvgIpc) is 2.80. The molecule has 2 atom stereocenters. The van der Waals surface area contributed by atoms with Crippen molar-refractivity contribution in [2.75, 3.05) is 6.54 Å². The first-order valence-corrected chi connectivity index (χ1v) is 7.50. The minimum absolute atomic E-state index is 0.0967. The highest BCUT2D eigenvalue weighted by atomic mass is 79.9. The number of aromatic nitrogens is 1. The van der Waals surface area contributed by atoms with E-state index in [1.165, 1.54) is 0 Å². The van der Waals surface area contributed by atoms with E-state index >= 15 is 0 Å². The maximum Gasteiger partial charge on any atom is 0.253 e. The van der Waals surface area contributed by atoms with E-state index < -0.39 is 0 Å². The van der Waals surface area contributed by atoms with Crippen molar-refractivity contribution < 1.29 is 9.90 Å². The lowest BCUT2D eigenvalue weighted by molar-refractivity contribution is 0.0941. The van der Waals surface area contributed by atoms with Crippen molar-refractivity contribution >= 4 is 32.7 Å². The van der Waals surface area contributed by atoms with Gasteiger partial charge in [-0.15, -0.1) is 0 Å². The molecule has 0 aliphatic carbocycles. The molecule has 1 amide bonds. The number of amides is 1. The number of nitrogens with one attached hydrogen (secondary N) is 2. The normalized spacial score (nSPS) is 14.2. The van der Waals surface area contributed by atoms with Gasteiger partial charge in [-0.25, -0.2) is 0 Å². The Morgan fingerprint density at radius 3 is 2.90 bits per heavy atom. The SMILES string of the molecule is CC(O)CC(C)CNC(=O)c1c[nH]c2cccc(Br)c12. The zero-order chi connectivity index (χ0) is 14.7. The van der Waals surface area contributed by atoms with Gasteiger partial charge in [-0.2, -0.15) is 0 Å². The quantitative estimate of drug-likeness (QED) is 0.784. The first kappa shape index (κ1) is 15.1. The second kappa shape index (κ2) is 6.41. The number of aromatic amines is 1. The number of carbonyl (C=O) groups is 1. The summed E-state index contributed by atoms with van der Waals surface area (Å²) in [5, 5.41) is 13.1. The number of carbonyl (C=O) groups excluding carboxylic acids is 1. The number of aliphatic hydroxyl groups excluding tert-OH is 1. The zero-order valence-corrected chi connectivity index (χ0v) is 13.2. The summed E-state index contributed by atoms with van der Waals surface area (Å²) in [6.07, 6.45) is 2.06. The zero-order valence-electron chi connectivity index (χ0n) is 11.6. The van der Waals surface area contributed by atoms with Gasteiger partial charge in [0.15, 0.2) is 0 Å². The van der Waals surface area contributed by atoms with Gasteiger partial charge in [-0.3, -0.25) is 4.79 Å². The second-order valence-corrected chi connectivity index (χ2v) is 6.12. The molecule has 0 aliphatic rings. The molecular formula is C15H19BrN2O2. The van der Waals surface area contributed by atoms with Crippen LogP contribution in [0.2, 0.25) is 0 Å². The Morgan fingerprint density at radius 1 is 1.45 bits per heavy atom. The molecule has 0 fully saturated rings. The molecular weight excluding hydrogens is 320 g/mol. The number of hydrogen-bond donors (Lipinski definition) is 3. The minimum atomic E-state index is -0.343. The monoisotopic (exact) mass is 338 g/mol. The maximum absolute atomic E-state index is 12.2. The first-order valence-electron chi connectivity index (χ1n) is 6.71. The summed E-state index contributed by atoms with van der Waals surface area (Å²) < 4.78 is 0.901. The molecule has 0 spiro atoms. The van der Waals surface area contributed by atoms with Gasteiger partial charge in [-0.05, 0) is 31.4 Å². The molecule has 4 nitrogen and oxygen atoms in total. The fourth-order valence-corrected chi connectivity index (χ4v) is 2.93. The van der Waals surface area contributed by atoms with E-state index in [9.17, 15) is 9.90 Å². The van der Waals surface area contributed by atoms with E-state index in [2.05, 4.69) is 26.2 Å². The third kappa shape index (κ3) is 3.41. The molecule has 2 aromatic rings. The highest BCUT2D eigenvalue weighted by Crippen LogP contribution is 2.26. The van der Waals surface area contributed by atoms with E-state index in [1.807, 2.05) is 25.1 Å². The van der Waals surface area contributed by atoms with Gasteiger partial charge in [0.1, 0.15) is 0 Å². The highest BCUT2D eigenvalue weighted by Gasteiger charge is 2.15. The smallest absolute Gasteiger partial charge is 0.253 e. The summed E-state index contributed by atoms with van der Waals surface area (Å²) in [7, 11) is 0. The Hall–Kier alpha value is -1.33. The lowest BCUT2D eigenvalue weighted by Gasteiger charge is -2.14. The lowest BCUT2D eigenvalue weighted by atomic mass is 10.0. The van der Waals surface area contributed by atoms with Gasteiger partial charge in [0.2, 0.25) is 0 Å². The number of halogens is 1. The van der Waals surface area contributed by atoms with Crippen molar-refractivity contribution in [3.05, 3.63) is 34.4 Å². The van der Waals surface area contributed by atoms with Gasteiger partial charge >= 0.3 is 0 Å². The summed E-state index contributed by atoms with van der Waals surface area (Å²) in [5.74, 6) is 0.146. The molecule has 2 unspecified atom stereocenters. The van der Waals surface area contributed by atoms with E-state index in [0.717, 1.165) is 15.4 Å². The summed E-state index contributed by atoms with van der Waals surface area (Å²) in [5.41, 5.74) is 1.57. The Kier molecular flexibility index (Phi) is 4.83. The van der Waals surface area contributed by atoms with Crippen LogP contribution < -0.4 is 5.32 Å². The van der Waals surface area contributed by atoms with Crippen LogP contribution in [0.4, 0.5) is 0 Å². The molecule has 0 bridgehead atoms. The predicted molar refractivity (Wildman–Crippen MR) is 83.8 cm³/mol. The van der Waals surface area contributed by atoms with Crippen molar-refractivity contribution in [3.8, 4) is 0 Å². The number of rotatable bonds is 5. The Morgan fingerprint density at radius 2 is 2.20 bits per heavy atom. The number of fused-ring (bicyclic) bond motifs is 1. The summed E-state index contributed by atoms with van der Waals surface area (Å²) in [6, 6.07) is 5.78. The van der Waals surface area contributed by atoms with Crippen LogP contribution in [0.5, 0.6) is 0 Å². The third-order valence-corrected chi connectivity index (χ3v) is 3.91. The molecule has 2 rings (SSSR count). The van der Waals surface area contributed by atoms with E-state index in [0.29, 0.717) is 18.5 Å². The Labute approximate surface area is 126 Å². The van der Waals surface area contributed by atoms with Crippen molar-refractivity contribution in [2.45, 2.75) is 26.4 Å². The summed E-state index contributed by atoms with van der Waals surface area (Å²) >= 11 is 3.47. The van der Waals surface area contributed by atoms with Crippen LogP contribution in [0.1, 0.15) is 30.6 Å². The third-order valence-electron chi connectivity index (χ3n) is 3.25. The molecule has 1 aromatic heterocycles. The molecule has 0 radical (unpaired) electrons. The molecule has 5 heteroatoms. The largest absolute Gasteiger partial charge is 0.393 e. The maximum atomic E-state index is 12.2. The molecule has 3 N–H and O–H groups in total. The Balaban J connectivity index is 2.08.